The molecule has 1 aromatic heterocycles. The van der Waals surface area contributed by atoms with E-state index in [4.69, 9.17) is 22.7 Å². The van der Waals surface area contributed by atoms with Crippen LogP contribution in [0.1, 0.15) is 14.5 Å². The Morgan fingerprint density at radius 2 is 2.41 bits per heavy atom. The largest absolute Gasteiger partial charge is 0.391 e. The lowest BCUT2D eigenvalue weighted by atomic mass is 10.2. The molecule has 2 rings (SSSR count). The maximum atomic E-state index is 12.2. The highest BCUT2D eigenvalue weighted by Gasteiger charge is 2.27. The number of aryl methyl sites for hydroxylation is 1. The van der Waals surface area contributed by atoms with Gasteiger partial charge in [0, 0.05) is 11.4 Å². The second-order valence-corrected chi connectivity index (χ2v) is 5.68. The zero-order valence-electron chi connectivity index (χ0n) is 9.51. The first-order chi connectivity index (χ1) is 8.08. The Morgan fingerprint density at radius 1 is 1.65 bits per heavy atom. The van der Waals surface area contributed by atoms with E-state index in [2.05, 4.69) is 0 Å². The molecule has 2 heterocycles. The first-order valence-corrected chi connectivity index (χ1v) is 6.57. The van der Waals surface area contributed by atoms with Crippen LogP contribution in [0.2, 0.25) is 0 Å². The van der Waals surface area contributed by atoms with Crippen molar-refractivity contribution in [2.45, 2.75) is 13.0 Å². The second kappa shape index (κ2) is 5.12. The molecular weight excluding hydrogens is 256 g/mol. The average Bonchev–Trinajstić information content (AvgIpc) is 2.75. The van der Waals surface area contributed by atoms with E-state index in [0.717, 1.165) is 9.75 Å². The summed E-state index contributed by atoms with van der Waals surface area (Å²) < 4.78 is 5.40. The van der Waals surface area contributed by atoms with Crippen LogP contribution < -0.4 is 5.73 Å². The lowest BCUT2D eigenvalue weighted by molar-refractivity contribution is 0.00903. The number of morpholine rings is 1. The molecular formula is C11H14N2O2S2. The standard InChI is InChI=1S/C11H14N2O2S2/c1-7-2-3-9(17-7)11(14)13-4-5-15-8(6-13)10(12)16/h2-3,8H,4-6H2,1H3,(H2,12,16). The molecule has 1 amide bonds. The molecule has 4 nitrogen and oxygen atoms in total. The van der Waals surface area contributed by atoms with Crippen molar-refractivity contribution in [3.8, 4) is 0 Å². The number of amides is 1. The molecule has 1 fully saturated rings. The third-order valence-electron chi connectivity index (χ3n) is 2.62. The summed E-state index contributed by atoms with van der Waals surface area (Å²) in [5.41, 5.74) is 5.54. The molecule has 1 aliphatic rings. The number of nitrogens with two attached hydrogens (primary N) is 1. The molecule has 0 radical (unpaired) electrons. The fraction of sp³-hybridized carbons (Fsp3) is 0.455. The van der Waals surface area contributed by atoms with Gasteiger partial charge in [-0.1, -0.05) is 12.2 Å². The number of ether oxygens (including phenoxy) is 1. The number of hydrogen-bond acceptors (Lipinski definition) is 4. The highest BCUT2D eigenvalue weighted by Crippen LogP contribution is 2.18. The zero-order valence-corrected chi connectivity index (χ0v) is 11.1. The van der Waals surface area contributed by atoms with Crippen LogP contribution in [0.15, 0.2) is 12.1 Å². The van der Waals surface area contributed by atoms with Gasteiger partial charge >= 0.3 is 0 Å². The van der Waals surface area contributed by atoms with Gasteiger partial charge in [0.2, 0.25) is 0 Å². The minimum atomic E-state index is -0.316. The first-order valence-electron chi connectivity index (χ1n) is 5.34. The van der Waals surface area contributed by atoms with Crippen LogP contribution in [0.3, 0.4) is 0 Å². The third kappa shape index (κ3) is 2.83. The second-order valence-electron chi connectivity index (χ2n) is 3.92. The van der Waals surface area contributed by atoms with E-state index in [-0.39, 0.29) is 12.0 Å². The van der Waals surface area contributed by atoms with Crippen LogP contribution in [0.5, 0.6) is 0 Å². The molecule has 6 heteroatoms. The number of thiocarbonyl (C=S) groups is 1. The normalized spacial score (nSPS) is 20.3. The van der Waals surface area contributed by atoms with Gasteiger partial charge in [-0.25, -0.2) is 0 Å². The molecule has 1 atom stereocenters. The van der Waals surface area contributed by atoms with Crippen LogP contribution in [0, 0.1) is 6.92 Å². The number of hydrogen-bond donors (Lipinski definition) is 1. The predicted molar refractivity (Wildman–Crippen MR) is 71.5 cm³/mol. The molecule has 1 aromatic rings. The molecule has 1 aliphatic heterocycles. The van der Waals surface area contributed by atoms with E-state index >= 15 is 0 Å². The summed E-state index contributed by atoms with van der Waals surface area (Å²) in [4.78, 5) is 16.1. The molecule has 0 bridgehead atoms. The van der Waals surface area contributed by atoms with Crippen molar-refractivity contribution in [3.63, 3.8) is 0 Å². The van der Waals surface area contributed by atoms with Gasteiger partial charge in [0.25, 0.3) is 5.91 Å². The number of thiophene rings is 1. The first kappa shape index (κ1) is 12.5. The van der Waals surface area contributed by atoms with Crippen molar-refractivity contribution in [2.75, 3.05) is 19.7 Å². The van der Waals surface area contributed by atoms with Crippen molar-refractivity contribution in [2.24, 2.45) is 5.73 Å². The number of nitrogens with zero attached hydrogens (tertiary/aromatic N) is 1. The van der Waals surface area contributed by atoms with Crippen molar-refractivity contribution in [1.29, 1.82) is 0 Å². The van der Waals surface area contributed by atoms with E-state index in [9.17, 15) is 4.79 Å². The highest BCUT2D eigenvalue weighted by molar-refractivity contribution is 7.80. The summed E-state index contributed by atoms with van der Waals surface area (Å²) in [6.45, 7) is 3.51. The summed E-state index contributed by atoms with van der Waals surface area (Å²) in [7, 11) is 0. The Morgan fingerprint density at radius 3 is 3.00 bits per heavy atom. The van der Waals surface area contributed by atoms with E-state index < -0.39 is 0 Å². The topological polar surface area (TPSA) is 55.6 Å². The van der Waals surface area contributed by atoms with E-state index in [1.807, 2.05) is 19.1 Å². The molecule has 92 valence electrons. The summed E-state index contributed by atoms with van der Waals surface area (Å²) in [6.07, 6.45) is -0.316. The minimum Gasteiger partial charge on any atom is -0.391 e. The van der Waals surface area contributed by atoms with Gasteiger partial charge in [-0.2, -0.15) is 0 Å². The average molecular weight is 270 g/mol. The Balaban J connectivity index is 2.07. The highest BCUT2D eigenvalue weighted by atomic mass is 32.1. The van der Waals surface area contributed by atoms with Crippen molar-refractivity contribution < 1.29 is 9.53 Å². The maximum absolute atomic E-state index is 12.2. The van der Waals surface area contributed by atoms with Gasteiger partial charge in [-0.15, -0.1) is 11.3 Å². The molecule has 1 unspecified atom stereocenters. The fourth-order valence-electron chi connectivity index (χ4n) is 1.71. The van der Waals surface area contributed by atoms with Crippen LogP contribution in [0.4, 0.5) is 0 Å². The third-order valence-corrected chi connectivity index (χ3v) is 3.87. The quantitative estimate of drug-likeness (QED) is 0.820. The molecule has 0 aromatic carbocycles. The Kier molecular flexibility index (Phi) is 3.76. The van der Waals surface area contributed by atoms with Gasteiger partial charge < -0.3 is 15.4 Å². The maximum Gasteiger partial charge on any atom is 0.264 e. The van der Waals surface area contributed by atoms with Crippen LogP contribution >= 0.6 is 23.6 Å². The molecule has 0 aliphatic carbocycles. The molecule has 1 saturated heterocycles. The van der Waals surface area contributed by atoms with E-state index in [1.54, 1.807) is 4.90 Å². The Bertz CT molecular complexity index is 444. The van der Waals surface area contributed by atoms with Crippen molar-refractivity contribution >= 4 is 34.5 Å². The number of carbonyl (C=O) groups is 1. The minimum absolute atomic E-state index is 0.0349. The fourth-order valence-corrected chi connectivity index (χ4v) is 2.69. The summed E-state index contributed by atoms with van der Waals surface area (Å²) >= 11 is 6.40. The van der Waals surface area contributed by atoms with Gasteiger partial charge in [0.1, 0.15) is 11.1 Å². The summed E-state index contributed by atoms with van der Waals surface area (Å²) in [5, 5.41) is 0. The monoisotopic (exact) mass is 270 g/mol. The van der Waals surface area contributed by atoms with Crippen LogP contribution in [-0.2, 0) is 4.74 Å². The number of carbonyl (C=O) groups excluding carboxylic acids is 1. The van der Waals surface area contributed by atoms with Crippen LogP contribution in [0.25, 0.3) is 0 Å². The van der Waals surface area contributed by atoms with E-state index in [0.29, 0.717) is 24.7 Å². The van der Waals surface area contributed by atoms with Crippen molar-refractivity contribution in [3.05, 3.63) is 21.9 Å². The summed E-state index contributed by atoms with van der Waals surface area (Å²) in [6, 6.07) is 3.80. The van der Waals surface area contributed by atoms with Crippen molar-refractivity contribution in [1.82, 2.24) is 4.90 Å². The van der Waals surface area contributed by atoms with Crippen LogP contribution in [-0.4, -0.2) is 41.6 Å². The van der Waals surface area contributed by atoms with Gasteiger partial charge in [-0.3, -0.25) is 4.79 Å². The zero-order chi connectivity index (χ0) is 12.4. The lowest BCUT2D eigenvalue weighted by Crippen LogP contribution is -2.49. The van der Waals surface area contributed by atoms with Gasteiger partial charge in [0.15, 0.2) is 0 Å². The molecule has 0 saturated carbocycles. The predicted octanol–water partition coefficient (Wildman–Crippen LogP) is 1.18. The Hall–Kier alpha value is -0.980. The SMILES string of the molecule is Cc1ccc(C(=O)N2CCOC(C(N)=S)C2)s1. The molecule has 2 N–H and O–H groups in total. The van der Waals surface area contributed by atoms with Gasteiger partial charge in [-0.05, 0) is 19.1 Å². The molecule has 0 spiro atoms. The molecule has 17 heavy (non-hydrogen) atoms. The smallest absolute Gasteiger partial charge is 0.264 e. The van der Waals surface area contributed by atoms with E-state index in [1.165, 1.54) is 11.3 Å². The number of rotatable bonds is 2. The Labute approximate surface area is 109 Å². The lowest BCUT2D eigenvalue weighted by Gasteiger charge is -2.32. The summed E-state index contributed by atoms with van der Waals surface area (Å²) in [5.74, 6) is 0.0349. The van der Waals surface area contributed by atoms with Gasteiger partial charge in [0.05, 0.1) is 18.0 Å².